The Balaban J connectivity index is 2.31. The third kappa shape index (κ3) is 4.96. The molecule has 0 radical (unpaired) electrons. The van der Waals surface area contributed by atoms with Gasteiger partial charge < -0.3 is 5.32 Å². The standard InChI is InChI=1S/C16H19FN4O3S/c1-9(2)15-12(8-18-10(3)19-15)16(22)20-11-5-6-13(17)14(7-11)21-25(4,23)24/h5-9,21H,1-4H3,(H,20,22). The number of sulfonamides is 1. The highest BCUT2D eigenvalue weighted by atomic mass is 32.2. The number of halogens is 1. The van der Waals surface area contributed by atoms with Crippen LogP contribution in [-0.4, -0.2) is 30.5 Å². The molecule has 134 valence electrons. The quantitative estimate of drug-likeness (QED) is 0.847. The second kappa shape index (κ2) is 7.14. The van der Waals surface area contributed by atoms with E-state index in [1.54, 1.807) is 6.92 Å². The Morgan fingerprint density at radius 3 is 2.56 bits per heavy atom. The lowest BCUT2D eigenvalue weighted by Crippen LogP contribution is -2.17. The molecule has 0 bridgehead atoms. The molecule has 1 aromatic heterocycles. The highest BCUT2D eigenvalue weighted by Gasteiger charge is 2.17. The maximum absolute atomic E-state index is 13.7. The third-order valence-electron chi connectivity index (χ3n) is 3.25. The number of aryl methyl sites for hydroxylation is 1. The number of rotatable bonds is 5. The molecule has 1 aromatic carbocycles. The molecule has 1 amide bonds. The van der Waals surface area contributed by atoms with Crippen molar-refractivity contribution in [2.45, 2.75) is 26.7 Å². The average molecular weight is 366 g/mol. The van der Waals surface area contributed by atoms with Crippen molar-refractivity contribution in [1.29, 1.82) is 0 Å². The van der Waals surface area contributed by atoms with Gasteiger partial charge in [0, 0.05) is 11.9 Å². The number of carbonyl (C=O) groups is 1. The molecular weight excluding hydrogens is 347 g/mol. The molecule has 0 spiro atoms. The lowest BCUT2D eigenvalue weighted by Gasteiger charge is -2.13. The van der Waals surface area contributed by atoms with E-state index < -0.39 is 21.7 Å². The summed E-state index contributed by atoms with van der Waals surface area (Å²) in [5.74, 6) is -0.634. The van der Waals surface area contributed by atoms with E-state index in [0.717, 1.165) is 12.3 Å². The number of amides is 1. The Bertz CT molecular complexity index is 914. The van der Waals surface area contributed by atoms with Crippen LogP contribution >= 0.6 is 0 Å². The fraction of sp³-hybridized carbons (Fsp3) is 0.312. The predicted octanol–water partition coefficient (Wildman–Crippen LogP) is 2.67. The van der Waals surface area contributed by atoms with Gasteiger partial charge in [-0.3, -0.25) is 9.52 Å². The number of hydrogen-bond donors (Lipinski definition) is 2. The predicted molar refractivity (Wildman–Crippen MR) is 93.7 cm³/mol. The summed E-state index contributed by atoms with van der Waals surface area (Å²) in [5, 5.41) is 2.61. The molecule has 2 rings (SSSR count). The summed E-state index contributed by atoms with van der Waals surface area (Å²) in [4.78, 5) is 20.8. The molecule has 0 saturated heterocycles. The van der Waals surface area contributed by atoms with E-state index in [1.165, 1.54) is 18.3 Å². The summed E-state index contributed by atoms with van der Waals surface area (Å²) in [5.41, 5.74) is 0.904. The molecule has 2 aromatic rings. The van der Waals surface area contributed by atoms with Gasteiger partial charge in [0.1, 0.15) is 11.6 Å². The van der Waals surface area contributed by atoms with Gasteiger partial charge in [0.2, 0.25) is 10.0 Å². The molecule has 2 N–H and O–H groups in total. The number of nitrogens with one attached hydrogen (secondary N) is 2. The summed E-state index contributed by atoms with van der Waals surface area (Å²) >= 11 is 0. The molecule has 0 unspecified atom stereocenters. The van der Waals surface area contributed by atoms with Gasteiger partial charge >= 0.3 is 0 Å². The second-order valence-corrected chi connectivity index (χ2v) is 7.64. The smallest absolute Gasteiger partial charge is 0.259 e. The van der Waals surface area contributed by atoms with E-state index in [9.17, 15) is 17.6 Å². The van der Waals surface area contributed by atoms with Crippen LogP contribution in [0, 0.1) is 12.7 Å². The first-order valence-corrected chi connectivity index (χ1v) is 9.38. The number of aromatic nitrogens is 2. The molecule has 1 heterocycles. The van der Waals surface area contributed by atoms with Crippen LogP contribution in [0.4, 0.5) is 15.8 Å². The summed E-state index contributed by atoms with van der Waals surface area (Å²) in [6.45, 7) is 5.55. The fourth-order valence-corrected chi connectivity index (χ4v) is 2.74. The van der Waals surface area contributed by atoms with Crippen molar-refractivity contribution in [1.82, 2.24) is 9.97 Å². The molecule has 0 aliphatic carbocycles. The highest BCUT2D eigenvalue weighted by Crippen LogP contribution is 2.22. The maximum Gasteiger partial charge on any atom is 0.259 e. The van der Waals surface area contributed by atoms with Crippen molar-refractivity contribution >= 4 is 27.3 Å². The van der Waals surface area contributed by atoms with Crippen LogP contribution < -0.4 is 10.0 Å². The van der Waals surface area contributed by atoms with E-state index >= 15 is 0 Å². The van der Waals surface area contributed by atoms with Crippen LogP contribution in [0.5, 0.6) is 0 Å². The van der Waals surface area contributed by atoms with Gasteiger partial charge in [0.25, 0.3) is 5.91 Å². The fourth-order valence-electron chi connectivity index (χ4n) is 2.18. The molecule has 0 aliphatic rings. The molecule has 0 atom stereocenters. The zero-order chi connectivity index (χ0) is 18.8. The minimum Gasteiger partial charge on any atom is -0.322 e. The largest absolute Gasteiger partial charge is 0.322 e. The zero-order valence-electron chi connectivity index (χ0n) is 14.3. The van der Waals surface area contributed by atoms with E-state index in [1.807, 2.05) is 13.8 Å². The number of nitrogens with zero attached hydrogens (tertiary/aromatic N) is 2. The summed E-state index contributed by atoms with van der Waals surface area (Å²) in [7, 11) is -3.64. The van der Waals surface area contributed by atoms with Crippen LogP contribution in [0.2, 0.25) is 0 Å². The second-order valence-electron chi connectivity index (χ2n) is 5.89. The van der Waals surface area contributed by atoms with E-state index in [-0.39, 0.29) is 17.3 Å². The Morgan fingerprint density at radius 2 is 1.96 bits per heavy atom. The summed E-state index contributed by atoms with van der Waals surface area (Å²) < 4.78 is 38.3. The van der Waals surface area contributed by atoms with Crippen LogP contribution in [0.25, 0.3) is 0 Å². The Labute approximate surface area is 145 Å². The van der Waals surface area contributed by atoms with E-state index in [2.05, 4.69) is 20.0 Å². The monoisotopic (exact) mass is 366 g/mol. The molecule has 9 heteroatoms. The first-order valence-electron chi connectivity index (χ1n) is 7.49. The Kier molecular flexibility index (Phi) is 5.36. The van der Waals surface area contributed by atoms with Crippen molar-refractivity contribution in [3.63, 3.8) is 0 Å². The molecule has 25 heavy (non-hydrogen) atoms. The molecule has 0 aliphatic heterocycles. The third-order valence-corrected chi connectivity index (χ3v) is 3.84. The van der Waals surface area contributed by atoms with Crippen LogP contribution in [-0.2, 0) is 10.0 Å². The van der Waals surface area contributed by atoms with Gasteiger partial charge in [0.05, 0.1) is 23.2 Å². The summed E-state index contributed by atoms with van der Waals surface area (Å²) in [6.07, 6.45) is 2.35. The minimum absolute atomic E-state index is 0.0122. The molecule has 7 nitrogen and oxygen atoms in total. The SMILES string of the molecule is Cc1ncc(C(=O)Nc2ccc(F)c(NS(C)(=O)=O)c2)c(C(C)C)n1. The average Bonchev–Trinajstić information content (AvgIpc) is 2.49. The lowest BCUT2D eigenvalue weighted by atomic mass is 10.0. The first-order chi connectivity index (χ1) is 11.6. The normalized spacial score (nSPS) is 11.4. The van der Waals surface area contributed by atoms with Gasteiger partial charge in [-0.1, -0.05) is 13.8 Å². The van der Waals surface area contributed by atoms with Crippen LogP contribution in [0.1, 0.15) is 41.6 Å². The Morgan fingerprint density at radius 1 is 1.28 bits per heavy atom. The number of benzene rings is 1. The van der Waals surface area contributed by atoms with Gasteiger partial charge in [-0.25, -0.2) is 22.8 Å². The van der Waals surface area contributed by atoms with Crippen molar-refractivity contribution < 1.29 is 17.6 Å². The van der Waals surface area contributed by atoms with Gasteiger partial charge in [0.15, 0.2) is 0 Å². The molecule has 0 saturated carbocycles. The zero-order valence-corrected chi connectivity index (χ0v) is 15.1. The van der Waals surface area contributed by atoms with E-state index in [0.29, 0.717) is 17.1 Å². The van der Waals surface area contributed by atoms with Crippen molar-refractivity contribution in [3.05, 3.63) is 47.3 Å². The molecule has 0 fully saturated rings. The van der Waals surface area contributed by atoms with Gasteiger partial charge in [-0.2, -0.15) is 0 Å². The van der Waals surface area contributed by atoms with Crippen molar-refractivity contribution in [3.8, 4) is 0 Å². The first kappa shape index (κ1) is 18.8. The maximum atomic E-state index is 13.7. The van der Waals surface area contributed by atoms with Gasteiger partial charge in [-0.05, 0) is 31.0 Å². The summed E-state index contributed by atoms with van der Waals surface area (Å²) in [6, 6.07) is 3.61. The Hall–Kier alpha value is -2.55. The van der Waals surface area contributed by atoms with Crippen LogP contribution in [0.3, 0.4) is 0 Å². The number of hydrogen-bond acceptors (Lipinski definition) is 5. The highest BCUT2D eigenvalue weighted by molar-refractivity contribution is 7.92. The van der Waals surface area contributed by atoms with E-state index in [4.69, 9.17) is 0 Å². The van der Waals surface area contributed by atoms with Crippen LogP contribution in [0.15, 0.2) is 24.4 Å². The lowest BCUT2D eigenvalue weighted by molar-refractivity contribution is 0.102. The van der Waals surface area contributed by atoms with Crippen molar-refractivity contribution in [2.24, 2.45) is 0 Å². The molecular formula is C16H19FN4O3S. The van der Waals surface area contributed by atoms with Gasteiger partial charge in [-0.15, -0.1) is 0 Å². The topological polar surface area (TPSA) is 101 Å². The minimum atomic E-state index is -3.64. The number of anilines is 2. The number of carbonyl (C=O) groups excluding carboxylic acids is 1. The van der Waals surface area contributed by atoms with Crippen molar-refractivity contribution in [2.75, 3.05) is 16.3 Å².